The number of urea groups is 1. The summed E-state index contributed by atoms with van der Waals surface area (Å²) < 4.78 is 1.71. The van der Waals surface area contributed by atoms with Crippen LogP contribution in [0.25, 0.3) is 5.69 Å². The van der Waals surface area contributed by atoms with E-state index in [1.165, 1.54) is 0 Å². The summed E-state index contributed by atoms with van der Waals surface area (Å²) in [5.41, 5.74) is 1.67. The zero-order valence-corrected chi connectivity index (χ0v) is 16.0. The summed E-state index contributed by atoms with van der Waals surface area (Å²) in [6.45, 7) is 3.44. The van der Waals surface area contributed by atoms with Crippen molar-refractivity contribution < 1.29 is 4.79 Å². The van der Waals surface area contributed by atoms with Gasteiger partial charge >= 0.3 is 6.03 Å². The standard InChI is InChI=1S/C19H20ClN7O/c20-15-6-8-17(9-7-15)27-18(22-23-24-27)14-25-10-12-26(13-11-25)19(28)21-16-4-2-1-3-5-16/h1-9H,10-14H2,(H,21,28). The Morgan fingerprint density at radius 3 is 2.43 bits per heavy atom. The number of halogens is 1. The number of nitrogens with one attached hydrogen (secondary N) is 1. The third kappa shape index (κ3) is 4.29. The summed E-state index contributed by atoms with van der Waals surface area (Å²) in [5, 5.41) is 15.6. The molecule has 1 saturated heterocycles. The lowest BCUT2D eigenvalue weighted by atomic mass is 10.3. The first-order valence-electron chi connectivity index (χ1n) is 9.05. The average Bonchev–Trinajstić information content (AvgIpc) is 3.18. The average molecular weight is 398 g/mol. The highest BCUT2D eigenvalue weighted by molar-refractivity contribution is 6.30. The van der Waals surface area contributed by atoms with Crippen LogP contribution in [0.5, 0.6) is 0 Å². The van der Waals surface area contributed by atoms with E-state index < -0.39 is 0 Å². The maximum atomic E-state index is 12.4. The summed E-state index contributed by atoms with van der Waals surface area (Å²) in [7, 11) is 0. The highest BCUT2D eigenvalue weighted by Crippen LogP contribution is 2.15. The molecule has 2 amide bonds. The van der Waals surface area contributed by atoms with E-state index >= 15 is 0 Å². The van der Waals surface area contributed by atoms with Crippen molar-refractivity contribution in [2.24, 2.45) is 0 Å². The molecule has 1 fully saturated rings. The molecule has 0 bridgehead atoms. The molecule has 1 aromatic heterocycles. The third-order valence-corrected chi connectivity index (χ3v) is 4.91. The molecule has 0 radical (unpaired) electrons. The van der Waals surface area contributed by atoms with Gasteiger partial charge in [-0.3, -0.25) is 4.90 Å². The maximum absolute atomic E-state index is 12.4. The van der Waals surface area contributed by atoms with E-state index in [1.807, 2.05) is 59.5 Å². The van der Waals surface area contributed by atoms with Gasteiger partial charge in [0.25, 0.3) is 0 Å². The fourth-order valence-corrected chi connectivity index (χ4v) is 3.25. The SMILES string of the molecule is O=C(Nc1ccccc1)N1CCN(Cc2nnnn2-c2ccc(Cl)cc2)CC1. The Kier molecular flexibility index (Phi) is 5.50. The van der Waals surface area contributed by atoms with E-state index in [1.54, 1.807) is 4.68 Å². The number of nitrogens with zero attached hydrogens (tertiary/aromatic N) is 6. The predicted molar refractivity (Wildman–Crippen MR) is 106 cm³/mol. The largest absolute Gasteiger partial charge is 0.322 e. The quantitative estimate of drug-likeness (QED) is 0.732. The van der Waals surface area contributed by atoms with Crippen LogP contribution < -0.4 is 5.32 Å². The molecule has 3 aromatic rings. The fraction of sp³-hybridized carbons (Fsp3) is 0.263. The first-order valence-corrected chi connectivity index (χ1v) is 9.43. The Morgan fingerprint density at radius 1 is 1.00 bits per heavy atom. The molecule has 0 saturated carbocycles. The van der Waals surface area contributed by atoms with Crippen molar-refractivity contribution in [3.05, 3.63) is 65.4 Å². The Morgan fingerprint density at radius 2 is 1.71 bits per heavy atom. The van der Waals surface area contributed by atoms with Crippen LogP contribution in [0, 0.1) is 0 Å². The number of hydrogen-bond donors (Lipinski definition) is 1. The number of aromatic nitrogens is 4. The van der Waals surface area contributed by atoms with E-state index in [9.17, 15) is 4.79 Å². The predicted octanol–water partition coefficient (Wildman–Crippen LogP) is 2.67. The highest BCUT2D eigenvalue weighted by Gasteiger charge is 2.23. The second-order valence-electron chi connectivity index (χ2n) is 6.54. The van der Waals surface area contributed by atoms with Gasteiger partial charge in [0.15, 0.2) is 5.82 Å². The number of anilines is 1. The van der Waals surface area contributed by atoms with Gasteiger partial charge in [0.1, 0.15) is 0 Å². The van der Waals surface area contributed by atoms with Crippen molar-refractivity contribution in [2.75, 3.05) is 31.5 Å². The molecule has 9 heteroatoms. The van der Waals surface area contributed by atoms with Gasteiger partial charge in [-0.2, -0.15) is 4.68 Å². The number of carbonyl (C=O) groups excluding carboxylic acids is 1. The van der Waals surface area contributed by atoms with Crippen LogP contribution in [-0.4, -0.2) is 62.2 Å². The normalized spacial score (nSPS) is 14.8. The summed E-state index contributed by atoms with van der Waals surface area (Å²) >= 11 is 5.95. The number of para-hydroxylation sites is 1. The molecule has 0 atom stereocenters. The van der Waals surface area contributed by atoms with Crippen LogP contribution in [0.1, 0.15) is 5.82 Å². The molecular formula is C19H20ClN7O. The van der Waals surface area contributed by atoms with E-state index in [-0.39, 0.29) is 6.03 Å². The van der Waals surface area contributed by atoms with Gasteiger partial charge in [-0.15, -0.1) is 5.10 Å². The highest BCUT2D eigenvalue weighted by atomic mass is 35.5. The molecule has 0 unspecified atom stereocenters. The number of hydrogen-bond acceptors (Lipinski definition) is 5. The number of piperazine rings is 1. The molecule has 1 aliphatic heterocycles. The van der Waals surface area contributed by atoms with E-state index in [2.05, 4.69) is 25.7 Å². The Bertz CT molecular complexity index is 921. The number of benzene rings is 2. The second-order valence-corrected chi connectivity index (χ2v) is 6.98. The van der Waals surface area contributed by atoms with Gasteiger partial charge < -0.3 is 10.2 Å². The van der Waals surface area contributed by atoms with E-state index in [4.69, 9.17) is 11.6 Å². The van der Waals surface area contributed by atoms with Gasteiger partial charge in [0.2, 0.25) is 0 Å². The van der Waals surface area contributed by atoms with Crippen molar-refractivity contribution in [2.45, 2.75) is 6.54 Å². The number of rotatable bonds is 4. The first-order chi connectivity index (χ1) is 13.7. The van der Waals surface area contributed by atoms with Gasteiger partial charge in [0, 0.05) is 36.9 Å². The zero-order valence-electron chi connectivity index (χ0n) is 15.2. The Labute approximate surface area is 167 Å². The van der Waals surface area contributed by atoms with E-state index in [0.717, 1.165) is 30.3 Å². The third-order valence-electron chi connectivity index (χ3n) is 4.65. The van der Waals surface area contributed by atoms with Gasteiger partial charge in [-0.05, 0) is 46.8 Å². The Hall–Kier alpha value is -2.97. The molecule has 4 rings (SSSR count). The molecular weight excluding hydrogens is 378 g/mol. The minimum absolute atomic E-state index is 0.0724. The minimum Gasteiger partial charge on any atom is -0.322 e. The maximum Gasteiger partial charge on any atom is 0.321 e. The van der Waals surface area contributed by atoms with Gasteiger partial charge in [0.05, 0.1) is 12.2 Å². The summed E-state index contributed by atoms with van der Waals surface area (Å²) in [4.78, 5) is 16.5. The lowest BCUT2D eigenvalue weighted by Crippen LogP contribution is -2.49. The number of amides is 2. The molecule has 0 aliphatic carbocycles. The van der Waals surface area contributed by atoms with Crippen molar-refractivity contribution in [3.63, 3.8) is 0 Å². The van der Waals surface area contributed by atoms with Crippen molar-refractivity contribution in [1.29, 1.82) is 0 Å². The number of tetrazole rings is 1. The topological polar surface area (TPSA) is 79.2 Å². The van der Waals surface area contributed by atoms with Crippen LogP contribution in [-0.2, 0) is 6.54 Å². The van der Waals surface area contributed by atoms with Crippen LogP contribution in [0.2, 0.25) is 5.02 Å². The molecule has 1 N–H and O–H groups in total. The molecule has 1 aliphatic rings. The van der Waals surface area contributed by atoms with Crippen LogP contribution in [0.4, 0.5) is 10.5 Å². The van der Waals surface area contributed by atoms with Crippen molar-refractivity contribution in [3.8, 4) is 5.69 Å². The van der Waals surface area contributed by atoms with Crippen LogP contribution >= 0.6 is 11.6 Å². The molecule has 0 spiro atoms. The van der Waals surface area contributed by atoms with Gasteiger partial charge in [-0.25, -0.2) is 4.79 Å². The molecule has 2 aromatic carbocycles. The molecule has 28 heavy (non-hydrogen) atoms. The van der Waals surface area contributed by atoms with Crippen molar-refractivity contribution in [1.82, 2.24) is 30.0 Å². The van der Waals surface area contributed by atoms with Crippen molar-refractivity contribution >= 4 is 23.3 Å². The number of carbonyl (C=O) groups is 1. The smallest absolute Gasteiger partial charge is 0.321 e. The molecule has 8 nitrogen and oxygen atoms in total. The second kappa shape index (κ2) is 8.37. The zero-order chi connectivity index (χ0) is 19.3. The summed E-state index contributed by atoms with van der Waals surface area (Å²) in [6, 6.07) is 16.8. The minimum atomic E-state index is -0.0724. The first kappa shape index (κ1) is 18.4. The van der Waals surface area contributed by atoms with Crippen LogP contribution in [0.15, 0.2) is 54.6 Å². The van der Waals surface area contributed by atoms with Gasteiger partial charge in [-0.1, -0.05) is 29.8 Å². The lowest BCUT2D eigenvalue weighted by molar-refractivity contribution is 0.140. The summed E-state index contributed by atoms with van der Waals surface area (Å²) in [5.74, 6) is 0.754. The van der Waals surface area contributed by atoms with E-state index in [0.29, 0.717) is 24.7 Å². The lowest BCUT2D eigenvalue weighted by Gasteiger charge is -2.34. The monoisotopic (exact) mass is 397 g/mol. The summed E-state index contributed by atoms with van der Waals surface area (Å²) in [6.07, 6.45) is 0. The fourth-order valence-electron chi connectivity index (χ4n) is 3.12. The van der Waals surface area contributed by atoms with Crippen LogP contribution in [0.3, 0.4) is 0 Å². The Balaban J connectivity index is 1.33. The molecule has 2 heterocycles. The molecule has 144 valence electrons.